The molecule has 3 heteroatoms. The van der Waals surface area contributed by atoms with Gasteiger partial charge in [-0.15, -0.1) is 0 Å². The highest BCUT2D eigenvalue weighted by Crippen LogP contribution is 2.32. The summed E-state index contributed by atoms with van der Waals surface area (Å²) in [5.74, 6) is 0.939. The Balaban J connectivity index is 2.41. The molecule has 0 saturated carbocycles. The summed E-state index contributed by atoms with van der Waals surface area (Å²) in [5, 5.41) is 29.3. The van der Waals surface area contributed by atoms with E-state index in [1.165, 1.54) is 0 Å². The molecule has 0 aromatic carbocycles. The highest BCUT2D eigenvalue weighted by Gasteiger charge is 2.28. The van der Waals surface area contributed by atoms with Gasteiger partial charge in [-0.2, -0.15) is 0 Å². The molecule has 0 aliphatic heterocycles. The van der Waals surface area contributed by atoms with Crippen molar-refractivity contribution in [2.45, 2.75) is 70.7 Å². The molecule has 0 aromatic heterocycles. The summed E-state index contributed by atoms with van der Waals surface area (Å²) in [5.41, 5.74) is -1.67. The summed E-state index contributed by atoms with van der Waals surface area (Å²) in [7, 11) is 0. The van der Waals surface area contributed by atoms with Crippen molar-refractivity contribution in [2.24, 2.45) is 11.8 Å². The van der Waals surface area contributed by atoms with E-state index >= 15 is 0 Å². The topological polar surface area (TPSA) is 60.7 Å². The average molecular weight is 256 g/mol. The lowest BCUT2D eigenvalue weighted by Gasteiger charge is -2.32. The van der Waals surface area contributed by atoms with Crippen LogP contribution in [0.5, 0.6) is 0 Å². The van der Waals surface area contributed by atoms with Crippen LogP contribution in [0.1, 0.15) is 53.4 Å². The zero-order valence-corrected chi connectivity index (χ0v) is 12.1. The number of aliphatic hydroxyl groups is 3. The van der Waals surface area contributed by atoms with Crippen molar-refractivity contribution < 1.29 is 15.3 Å². The molecule has 3 nitrogen and oxygen atoms in total. The maximum atomic E-state index is 9.84. The van der Waals surface area contributed by atoms with Gasteiger partial charge in [-0.05, 0) is 58.3 Å². The zero-order valence-electron chi connectivity index (χ0n) is 12.1. The van der Waals surface area contributed by atoms with Crippen molar-refractivity contribution in [1.82, 2.24) is 0 Å². The third-order valence-electron chi connectivity index (χ3n) is 4.13. The average Bonchev–Trinajstić information content (AvgIpc) is 2.24. The number of hydrogen-bond acceptors (Lipinski definition) is 3. The lowest BCUT2D eigenvalue weighted by molar-refractivity contribution is -0.0541. The van der Waals surface area contributed by atoms with E-state index in [9.17, 15) is 15.3 Å². The lowest BCUT2D eigenvalue weighted by atomic mass is 9.78. The Morgan fingerprint density at radius 2 is 2.00 bits per heavy atom. The van der Waals surface area contributed by atoms with Gasteiger partial charge < -0.3 is 15.3 Å². The first-order valence-electron chi connectivity index (χ1n) is 6.94. The minimum absolute atomic E-state index is 0.467. The van der Waals surface area contributed by atoms with Gasteiger partial charge in [-0.1, -0.05) is 19.1 Å². The van der Waals surface area contributed by atoms with Crippen molar-refractivity contribution >= 4 is 0 Å². The van der Waals surface area contributed by atoms with Gasteiger partial charge in [0, 0.05) is 0 Å². The van der Waals surface area contributed by atoms with Crippen LogP contribution in [0.25, 0.3) is 0 Å². The molecule has 0 radical (unpaired) electrons. The zero-order chi connectivity index (χ0) is 14.0. The summed E-state index contributed by atoms with van der Waals surface area (Å²) in [6.45, 7) is 7.29. The van der Waals surface area contributed by atoms with E-state index in [2.05, 4.69) is 13.0 Å². The Kier molecular flexibility index (Phi) is 4.98. The van der Waals surface area contributed by atoms with E-state index in [4.69, 9.17) is 0 Å². The maximum Gasteiger partial charge on any atom is 0.0849 e. The minimum Gasteiger partial charge on any atom is -0.390 e. The van der Waals surface area contributed by atoms with E-state index in [-0.39, 0.29) is 0 Å². The Hall–Kier alpha value is -0.380. The molecule has 0 saturated heterocycles. The summed E-state index contributed by atoms with van der Waals surface area (Å²) in [6, 6.07) is 0. The van der Waals surface area contributed by atoms with Crippen LogP contribution in [0.15, 0.2) is 12.2 Å². The molecule has 4 atom stereocenters. The third-order valence-corrected chi connectivity index (χ3v) is 4.13. The fraction of sp³-hybridized carbons (Fsp3) is 0.867. The second kappa shape index (κ2) is 5.72. The SMILES string of the molecule is C[C@H](CC[C@H](O)C(C)(C)O)[C@@H]1C=C[C@](C)(O)CC1. The molecule has 1 aliphatic carbocycles. The van der Waals surface area contributed by atoms with Crippen LogP contribution < -0.4 is 0 Å². The van der Waals surface area contributed by atoms with Gasteiger partial charge in [0.15, 0.2) is 0 Å². The van der Waals surface area contributed by atoms with Crippen LogP contribution in [0.3, 0.4) is 0 Å². The van der Waals surface area contributed by atoms with Crippen molar-refractivity contribution in [3.63, 3.8) is 0 Å². The molecule has 1 aliphatic rings. The quantitative estimate of drug-likeness (QED) is 0.661. The molecule has 0 unspecified atom stereocenters. The van der Waals surface area contributed by atoms with Crippen molar-refractivity contribution in [1.29, 1.82) is 0 Å². The Morgan fingerprint density at radius 3 is 2.44 bits per heavy atom. The molecule has 0 aromatic rings. The highest BCUT2D eigenvalue weighted by molar-refractivity contribution is 5.06. The van der Waals surface area contributed by atoms with Gasteiger partial charge in [0.05, 0.1) is 17.3 Å². The van der Waals surface area contributed by atoms with Crippen molar-refractivity contribution in [2.75, 3.05) is 0 Å². The summed E-state index contributed by atoms with van der Waals surface area (Å²) in [4.78, 5) is 0. The molecular formula is C15H28O3. The molecule has 0 amide bonds. The van der Waals surface area contributed by atoms with Crippen LogP contribution in [0.2, 0.25) is 0 Å². The number of hydrogen-bond donors (Lipinski definition) is 3. The molecule has 18 heavy (non-hydrogen) atoms. The molecule has 0 heterocycles. The maximum absolute atomic E-state index is 9.84. The second-order valence-electron chi connectivity index (χ2n) is 6.64. The van der Waals surface area contributed by atoms with E-state index in [0.717, 1.165) is 19.3 Å². The molecule has 0 bridgehead atoms. The molecule has 0 fully saturated rings. The van der Waals surface area contributed by atoms with Gasteiger partial charge in [0.1, 0.15) is 0 Å². The van der Waals surface area contributed by atoms with Gasteiger partial charge in [0.25, 0.3) is 0 Å². The lowest BCUT2D eigenvalue weighted by Crippen LogP contribution is -2.36. The molecule has 0 spiro atoms. The predicted molar refractivity (Wildman–Crippen MR) is 73.2 cm³/mol. The Morgan fingerprint density at radius 1 is 1.39 bits per heavy atom. The number of aliphatic hydroxyl groups excluding tert-OH is 1. The van der Waals surface area contributed by atoms with Crippen LogP contribution in [-0.2, 0) is 0 Å². The summed E-state index contributed by atoms with van der Waals surface area (Å²) in [6.07, 6.45) is 6.62. The number of rotatable bonds is 5. The normalized spacial score (nSPS) is 32.3. The van der Waals surface area contributed by atoms with Gasteiger partial charge >= 0.3 is 0 Å². The standard InChI is InChI=1S/C15H28O3/c1-11(5-6-13(16)14(2,3)17)12-7-9-15(4,18)10-8-12/h7,9,11-13,16-18H,5-6,8,10H2,1-4H3/t11-,12-,13+,15+/m1/s1. The fourth-order valence-corrected chi connectivity index (χ4v) is 2.43. The van der Waals surface area contributed by atoms with Gasteiger partial charge in [0.2, 0.25) is 0 Å². The third kappa shape index (κ3) is 4.71. The first-order chi connectivity index (χ1) is 8.12. The van der Waals surface area contributed by atoms with E-state index in [0.29, 0.717) is 18.3 Å². The molecule has 3 N–H and O–H groups in total. The van der Waals surface area contributed by atoms with Crippen molar-refractivity contribution in [3.8, 4) is 0 Å². The van der Waals surface area contributed by atoms with Gasteiger partial charge in [-0.25, -0.2) is 0 Å². The molecule has 1 rings (SSSR count). The Bertz CT molecular complexity index is 289. The van der Waals surface area contributed by atoms with Crippen LogP contribution in [-0.4, -0.2) is 32.6 Å². The van der Waals surface area contributed by atoms with E-state index in [1.807, 2.05) is 13.0 Å². The highest BCUT2D eigenvalue weighted by atomic mass is 16.3. The molecular weight excluding hydrogens is 228 g/mol. The largest absolute Gasteiger partial charge is 0.390 e. The smallest absolute Gasteiger partial charge is 0.0849 e. The first-order valence-corrected chi connectivity index (χ1v) is 6.94. The predicted octanol–water partition coefficient (Wildman–Crippen LogP) is 2.25. The minimum atomic E-state index is -1.02. The molecule has 106 valence electrons. The van der Waals surface area contributed by atoms with E-state index in [1.54, 1.807) is 13.8 Å². The van der Waals surface area contributed by atoms with Crippen molar-refractivity contribution in [3.05, 3.63) is 12.2 Å². The second-order valence-corrected chi connectivity index (χ2v) is 6.64. The van der Waals surface area contributed by atoms with Crippen LogP contribution in [0.4, 0.5) is 0 Å². The van der Waals surface area contributed by atoms with Crippen LogP contribution in [0, 0.1) is 11.8 Å². The first kappa shape index (κ1) is 15.7. The summed E-state index contributed by atoms with van der Waals surface area (Å²) < 4.78 is 0. The monoisotopic (exact) mass is 256 g/mol. The summed E-state index contributed by atoms with van der Waals surface area (Å²) >= 11 is 0. The Labute approximate surface area is 111 Å². The van der Waals surface area contributed by atoms with Crippen LogP contribution >= 0.6 is 0 Å². The fourth-order valence-electron chi connectivity index (χ4n) is 2.43. The van der Waals surface area contributed by atoms with Gasteiger partial charge in [-0.3, -0.25) is 0 Å². The van der Waals surface area contributed by atoms with E-state index < -0.39 is 17.3 Å². The number of allylic oxidation sites excluding steroid dienone is 1.